The van der Waals surface area contributed by atoms with Crippen LogP contribution in [0.25, 0.3) is 0 Å². The lowest BCUT2D eigenvalue weighted by atomic mass is 10.00. The van der Waals surface area contributed by atoms with Gasteiger partial charge in [-0.1, -0.05) is 215 Å². The van der Waals surface area contributed by atoms with E-state index in [1.807, 2.05) is 0 Å². The molecule has 0 aromatic rings. The minimum atomic E-state index is -0.762. The van der Waals surface area contributed by atoms with Gasteiger partial charge in [0.05, 0.1) is 0 Å². The van der Waals surface area contributed by atoms with Crippen LogP contribution in [0.5, 0.6) is 0 Å². The van der Waals surface area contributed by atoms with Crippen LogP contribution >= 0.6 is 0 Å². The Morgan fingerprint density at radius 1 is 0.370 bits per heavy atom. The van der Waals surface area contributed by atoms with Crippen molar-refractivity contribution >= 4 is 17.9 Å². The molecule has 0 N–H and O–H groups in total. The van der Waals surface area contributed by atoms with E-state index in [0.717, 1.165) is 75.5 Å². The fourth-order valence-corrected chi connectivity index (χ4v) is 7.02. The summed E-state index contributed by atoms with van der Waals surface area (Å²) in [5.41, 5.74) is 0. The third-order valence-electron chi connectivity index (χ3n) is 11.0. The van der Waals surface area contributed by atoms with Crippen molar-refractivity contribution in [2.24, 2.45) is 17.8 Å². The number of unbranched alkanes of at least 4 members (excludes halogenated alkanes) is 23. The van der Waals surface area contributed by atoms with E-state index in [-0.39, 0.29) is 31.1 Å². The van der Waals surface area contributed by atoms with Gasteiger partial charge in [0, 0.05) is 19.3 Å². The van der Waals surface area contributed by atoms with E-state index in [1.165, 1.54) is 135 Å². The number of carbonyl (C=O) groups excluding carboxylic acids is 3. The Balaban J connectivity index is 4.25. The van der Waals surface area contributed by atoms with E-state index >= 15 is 0 Å². The molecule has 0 aromatic heterocycles. The molecular weight excluding hydrogens is 673 g/mol. The second kappa shape index (κ2) is 39.6. The molecule has 54 heavy (non-hydrogen) atoms. The van der Waals surface area contributed by atoms with Gasteiger partial charge in [-0.3, -0.25) is 14.4 Å². The van der Waals surface area contributed by atoms with Crippen LogP contribution in [0.4, 0.5) is 0 Å². The first-order chi connectivity index (χ1) is 26.1. The normalized spacial score (nSPS) is 12.7. The van der Waals surface area contributed by atoms with Crippen molar-refractivity contribution in [1.82, 2.24) is 0 Å². The van der Waals surface area contributed by atoms with Gasteiger partial charge in [0.25, 0.3) is 0 Å². The second-order valence-electron chi connectivity index (χ2n) is 17.6. The highest BCUT2D eigenvalue weighted by molar-refractivity contribution is 5.71. The van der Waals surface area contributed by atoms with Crippen molar-refractivity contribution in [1.29, 1.82) is 0 Å². The summed E-state index contributed by atoms with van der Waals surface area (Å²) < 4.78 is 16.7. The van der Waals surface area contributed by atoms with Crippen LogP contribution in [-0.2, 0) is 28.6 Å². The third-order valence-corrected chi connectivity index (χ3v) is 11.0. The van der Waals surface area contributed by atoms with Crippen LogP contribution in [0, 0.1) is 17.8 Å². The zero-order valence-corrected chi connectivity index (χ0v) is 37.0. The van der Waals surface area contributed by atoms with Gasteiger partial charge in [0.1, 0.15) is 13.2 Å². The lowest BCUT2D eigenvalue weighted by Gasteiger charge is -2.18. The predicted octanol–water partition coefficient (Wildman–Crippen LogP) is 14.8. The van der Waals surface area contributed by atoms with Crippen LogP contribution in [0.15, 0.2) is 0 Å². The maximum atomic E-state index is 12.7. The Kier molecular flexibility index (Phi) is 38.5. The van der Waals surface area contributed by atoms with Gasteiger partial charge in [-0.2, -0.15) is 0 Å². The number of hydrogen-bond donors (Lipinski definition) is 0. The van der Waals surface area contributed by atoms with Gasteiger partial charge < -0.3 is 14.2 Å². The summed E-state index contributed by atoms with van der Waals surface area (Å²) in [6.07, 6.45) is 36.8. The highest BCUT2D eigenvalue weighted by Crippen LogP contribution is 2.17. The highest BCUT2D eigenvalue weighted by Gasteiger charge is 2.19. The third kappa shape index (κ3) is 40.1. The molecule has 0 rings (SSSR count). The van der Waals surface area contributed by atoms with E-state index < -0.39 is 6.10 Å². The van der Waals surface area contributed by atoms with Crippen molar-refractivity contribution in [3.05, 3.63) is 0 Å². The molecule has 0 aliphatic carbocycles. The molecule has 0 amide bonds. The largest absolute Gasteiger partial charge is 0.462 e. The smallest absolute Gasteiger partial charge is 0.306 e. The van der Waals surface area contributed by atoms with Gasteiger partial charge in [-0.25, -0.2) is 0 Å². The molecule has 0 spiro atoms. The van der Waals surface area contributed by atoms with Crippen molar-refractivity contribution in [3.8, 4) is 0 Å². The molecule has 0 aliphatic rings. The van der Waals surface area contributed by atoms with Crippen LogP contribution in [0.3, 0.4) is 0 Å². The number of ether oxygens (including phenoxy) is 3. The van der Waals surface area contributed by atoms with Gasteiger partial charge in [0.2, 0.25) is 0 Å². The van der Waals surface area contributed by atoms with E-state index in [4.69, 9.17) is 14.2 Å². The standard InChI is InChI=1S/C48H92O6/c1-7-44(6)36-30-24-19-21-26-32-38-47(50)53-41-45(54-48(51)39-33-27-20-18-23-29-35-43(4)5)40-52-46(49)37-31-25-17-15-13-11-9-8-10-12-14-16-22-28-34-42(2)3/h42-45H,7-41H2,1-6H3/t44?,45-/m1/s1. The summed E-state index contributed by atoms with van der Waals surface area (Å²) in [5, 5.41) is 0. The maximum Gasteiger partial charge on any atom is 0.306 e. The molecule has 1 unspecified atom stereocenters. The van der Waals surface area contributed by atoms with Crippen molar-refractivity contribution in [2.75, 3.05) is 13.2 Å². The van der Waals surface area contributed by atoms with Crippen molar-refractivity contribution < 1.29 is 28.6 Å². The zero-order valence-electron chi connectivity index (χ0n) is 37.0. The van der Waals surface area contributed by atoms with E-state index in [1.54, 1.807) is 0 Å². The SMILES string of the molecule is CCC(C)CCCCCCCCC(=O)OC[C@@H](COC(=O)CCCCCCCCCCCCCCCCC(C)C)OC(=O)CCCCCCCCC(C)C. The summed E-state index contributed by atoms with van der Waals surface area (Å²) in [6.45, 7) is 13.6. The molecule has 0 aliphatic heterocycles. The number of carbonyl (C=O) groups is 3. The fourth-order valence-electron chi connectivity index (χ4n) is 7.02. The molecule has 320 valence electrons. The average molecular weight is 765 g/mol. The Morgan fingerprint density at radius 2 is 0.648 bits per heavy atom. The number of esters is 3. The van der Waals surface area contributed by atoms with Crippen LogP contribution in [-0.4, -0.2) is 37.2 Å². The summed E-state index contributed by atoms with van der Waals surface area (Å²) >= 11 is 0. The predicted molar refractivity (Wildman–Crippen MR) is 229 cm³/mol. The molecule has 0 aromatic carbocycles. The summed E-state index contributed by atoms with van der Waals surface area (Å²) in [4.78, 5) is 37.7. The molecule has 2 atom stereocenters. The Labute approximate surface area is 336 Å². The molecule has 0 radical (unpaired) electrons. The van der Waals surface area contributed by atoms with Crippen molar-refractivity contribution in [2.45, 2.75) is 260 Å². The van der Waals surface area contributed by atoms with Gasteiger partial charge in [-0.05, 0) is 37.0 Å². The number of rotatable bonds is 41. The first kappa shape index (κ1) is 52.4. The molecule has 0 saturated carbocycles. The summed E-state index contributed by atoms with van der Waals surface area (Å²) in [6, 6.07) is 0. The quantitative estimate of drug-likeness (QED) is 0.0350. The van der Waals surface area contributed by atoms with Crippen LogP contribution < -0.4 is 0 Å². The molecule has 0 saturated heterocycles. The number of hydrogen-bond acceptors (Lipinski definition) is 6. The Morgan fingerprint density at radius 3 is 0.963 bits per heavy atom. The van der Waals surface area contributed by atoms with E-state index in [2.05, 4.69) is 41.5 Å². The molecule has 6 heteroatoms. The van der Waals surface area contributed by atoms with Gasteiger partial charge in [-0.15, -0.1) is 0 Å². The van der Waals surface area contributed by atoms with Gasteiger partial charge >= 0.3 is 17.9 Å². The maximum absolute atomic E-state index is 12.7. The molecule has 0 fully saturated rings. The van der Waals surface area contributed by atoms with Gasteiger partial charge in [0.15, 0.2) is 6.10 Å². The molecular formula is C48H92O6. The highest BCUT2D eigenvalue weighted by atomic mass is 16.6. The van der Waals surface area contributed by atoms with E-state index in [9.17, 15) is 14.4 Å². The fraction of sp³-hybridized carbons (Fsp3) is 0.938. The van der Waals surface area contributed by atoms with Crippen LogP contribution in [0.2, 0.25) is 0 Å². The lowest BCUT2D eigenvalue weighted by molar-refractivity contribution is -0.167. The average Bonchev–Trinajstić information content (AvgIpc) is 3.14. The minimum Gasteiger partial charge on any atom is -0.462 e. The Hall–Kier alpha value is -1.59. The molecule has 0 heterocycles. The summed E-state index contributed by atoms with van der Waals surface area (Å²) in [5.74, 6) is 1.55. The lowest BCUT2D eigenvalue weighted by Crippen LogP contribution is -2.30. The monoisotopic (exact) mass is 765 g/mol. The zero-order chi connectivity index (χ0) is 39.9. The second-order valence-corrected chi connectivity index (χ2v) is 17.6. The molecule has 0 bridgehead atoms. The topological polar surface area (TPSA) is 78.9 Å². The Bertz CT molecular complexity index is 839. The minimum absolute atomic E-state index is 0.0670. The van der Waals surface area contributed by atoms with E-state index in [0.29, 0.717) is 19.3 Å². The van der Waals surface area contributed by atoms with Crippen LogP contribution in [0.1, 0.15) is 253 Å². The first-order valence-corrected chi connectivity index (χ1v) is 23.6. The summed E-state index contributed by atoms with van der Waals surface area (Å²) in [7, 11) is 0. The first-order valence-electron chi connectivity index (χ1n) is 23.6. The molecule has 6 nitrogen and oxygen atoms in total. The van der Waals surface area contributed by atoms with Crippen molar-refractivity contribution in [3.63, 3.8) is 0 Å².